The highest BCUT2D eigenvalue weighted by Gasteiger charge is 2.23. The summed E-state index contributed by atoms with van der Waals surface area (Å²) in [6, 6.07) is 4.50. The van der Waals surface area contributed by atoms with Crippen molar-refractivity contribution in [1.82, 2.24) is 5.43 Å². The molecule has 0 aliphatic heterocycles. The Labute approximate surface area is 122 Å². The Kier molecular flexibility index (Phi) is 5.44. The predicted molar refractivity (Wildman–Crippen MR) is 83.7 cm³/mol. The minimum Gasteiger partial charge on any atom is -0.496 e. The molecule has 1 aliphatic rings. The summed E-state index contributed by atoms with van der Waals surface area (Å²) in [7, 11) is 1.74. The van der Waals surface area contributed by atoms with Crippen LogP contribution < -0.4 is 16.0 Å². The van der Waals surface area contributed by atoms with Crippen LogP contribution in [0.4, 0.5) is 0 Å². The number of methoxy groups -OCH3 is 1. The Hall–Kier alpha value is -1.06. The molecular weight excluding hydrogens is 248 g/mol. The molecular formula is C17H28N2O. The van der Waals surface area contributed by atoms with Crippen LogP contribution in [-0.2, 0) is 0 Å². The van der Waals surface area contributed by atoms with Crippen LogP contribution in [0.25, 0.3) is 0 Å². The Morgan fingerprint density at radius 2 is 1.95 bits per heavy atom. The fourth-order valence-corrected chi connectivity index (χ4v) is 3.58. The summed E-state index contributed by atoms with van der Waals surface area (Å²) >= 11 is 0. The highest BCUT2D eigenvalue weighted by molar-refractivity contribution is 5.45. The van der Waals surface area contributed by atoms with E-state index in [1.165, 1.54) is 48.8 Å². The van der Waals surface area contributed by atoms with Gasteiger partial charge in [0.2, 0.25) is 0 Å². The number of nitrogens with two attached hydrogens (primary N) is 1. The Morgan fingerprint density at radius 3 is 2.55 bits per heavy atom. The van der Waals surface area contributed by atoms with E-state index in [-0.39, 0.29) is 6.04 Å². The molecule has 0 heterocycles. The van der Waals surface area contributed by atoms with E-state index in [0.717, 1.165) is 18.1 Å². The second-order valence-corrected chi connectivity index (χ2v) is 6.16. The average Bonchev–Trinajstić information content (AvgIpc) is 2.45. The summed E-state index contributed by atoms with van der Waals surface area (Å²) in [5, 5.41) is 0. The van der Waals surface area contributed by atoms with Gasteiger partial charge >= 0.3 is 0 Å². The molecule has 0 aromatic heterocycles. The number of hydrogen-bond acceptors (Lipinski definition) is 3. The smallest absolute Gasteiger partial charge is 0.124 e. The highest BCUT2D eigenvalue weighted by Crippen LogP contribution is 2.36. The van der Waals surface area contributed by atoms with Crippen LogP contribution in [-0.4, -0.2) is 7.11 Å². The first-order chi connectivity index (χ1) is 9.65. The van der Waals surface area contributed by atoms with Gasteiger partial charge in [-0.05, 0) is 43.4 Å². The minimum absolute atomic E-state index is 0.189. The van der Waals surface area contributed by atoms with E-state index in [9.17, 15) is 0 Å². The van der Waals surface area contributed by atoms with Gasteiger partial charge in [0.1, 0.15) is 5.75 Å². The number of hydrazine groups is 1. The van der Waals surface area contributed by atoms with Crippen molar-refractivity contribution in [2.24, 2.45) is 11.8 Å². The molecule has 112 valence electrons. The molecule has 1 atom stereocenters. The van der Waals surface area contributed by atoms with Crippen LogP contribution in [0.15, 0.2) is 12.1 Å². The Morgan fingerprint density at radius 1 is 1.25 bits per heavy atom. The van der Waals surface area contributed by atoms with E-state index in [1.807, 2.05) is 0 Å². The molecule has 3 heteroatoms. The van der Waals surface area contributed by atoms with Crippen molar-refractivity contribution in [3.05, 3.63) is 28.8 Å². The third kappa shape index (κ3) is 3.53. The number of aryl methyl sites for hydroxylation is 2. The summed E-state index contributed by atoms with van der Waals surface area (Å²) in [5.74, 6) is 7.59. The number of ether oxygens (including phenoxy) is 1. The predicted octanol–water partition coefficient (Wildman–Crippen LogP) is 3.79. The maximum Gasteiger partial charge on any atom is 0.124 e. The van der Waals surface area contributed by atoms with Gasteiger partial charge in [-0.2, -0.15) is 0 Å². The molecule has 1 aromatic carbocycles. The minimum atomic E-state index is 0.189. The topological polar surface area (TPSA) is 47.3 Å². The standard InChI is InChI=1S/C17H28N2O/c1-12-9-13(2)17(16(10-12)20-3)15(19-18)11-14-7-5-4-6-8-14/h9-10,14-15,19H,4-8,11,18H2,1-3H3. The normalized spacial score (nSPS) is 18.0. The zero-order chi connectivity index (χ0) is 14.5. The fraction of sp³-hybridized carbons (Fsp3) is 0.647. The van der Waals surface area contributed by atoms with Gasteiger partial charge in [-0.3, -0.25) is 11.3 Å². The van der Waals surface area contributed by atoms with E-state index < -0.39 is 0 Å². The maximum absolute atomic E-state index is 5.85. The number of rotatable bonds is 5. The molecule has 1 aromatic rings. The van der Waals surface area contributed by atoms with E-state index in [4.69, 9.17) is 10.6 Å². The van der Waals surface area contributed by atoms with Crippen molar-refractivity contribution in [3.63, 3.8) is 0 Å². The SMILES string of the molecule is COc1cc(C)cc(C)c1C(CC1CCCCC1)NN. The van der Waals surface area contributed by atoms with E-state index in [1.54, 1.807) is 7.11 Å². The van der Waals surface area contributed by atoms with Crippen LogP contribution in [0, 0.1) is 19.8 Å². The van der Waals surface area contributed by atoms with E-state index in [0.29, 0.717) is 0 Å². The molecule has 2 rings (SSSR count). The summed E-state index contributed by atoms with van der Waals surface area (Å²) in [6.45, 7) is 4.25. The van der Waals surface area contributed by atoms with Crippen molar-refractivity contribution in [3.8, 4) is 5.75 Å². The fourth-order valence-electron chi connectivity index (χ4n) is 3.58. The largest absolute Gasteiger partial charge is 0.496 e. The molecule has 0 spiro atoms. The second-order valence-electron chi connectivity index (χ2n) is 6.16. The van der Waals surface area contributed by atoms with Crippen LogP contribution in [0.3, 0.4) is 0 Å². The lowest BCUT2D eigenvalue weighted by Crippen LogP contribution is -2.31. The lowest BCUT2D eigenvalue weighted by Gasteiger charge is -2.28. The summed E-state index contributed by atoms with van der Waals surface area (Å²) < 4.78 is 5.58. The quantitative estimate of drug-likeness (QED) is 0.635. The molecule has 3 nitrogen and oxygen atoms in total. The zero-order valence-electron chi connectivity index (χ0n) is 13.0. The highest BCUT2D eigenvalue weighted by atomic mass is 16.5. The molecule has 1 unspecified atom stereocenters. The van der Waals surface area contributed by atoms with E-state index >= 15 is 0 Å². The third-order valence-electron chi connectivity index (χ3n) is 4.56. The lowest BCUT2D eigenvalue weighted by atomic mass is 9.82. The molecule has 0 amide bonds. The molecule has 0 saturated heterocycles. The molecule has 0 bridgehead atoms. The molecule has 0 radical (unpaired) electrons. The van der Waals surface area contributed by atoms with Gasteiger partial charge in [0.05, 0.1) is 13.2 Å². The van der Waals surface area contributed by atoms with Gasteiger partial charge < -0.3 is 4.74 Å². The number of benzene rings is 1. The zero-order valence-corrected chi connectivity index (χ0v) is 13.0. The number of hydrogen-bond donors (Lipinski definition) is 2. The Bertz CT molecular complexity index is 439. The number of nitrogens with one attached hydrogen (secondary N) is 1. The molecule has 1 fully saturated rings. The van der Waals surface area contributed by atoms with Gasteiger partial charge in [0.25, 0.3) is 0 Å². The molecule has 20 heavy (non-hydrogen) atoms. The van der Waals surface area contributed by atoms with Crippen LogP contribution in [0.5, 0.6) is 5.75 Å². The first-order valence-electron chi connectivity index (χ1n) is 7.77. The summed E-state index contributed by atoms with van der Waals surface area (Å²) in [5.41, 5.74) is 6.75. The first-order valence-corrected chi connectivity index (χ1v) is 7.77. The summed E-state index contributed by atoms with van der Waals surface area (Å²) in [4.78, 5) is 0. The molecule has 3 N–H and O–H groups in total. The second kappa shape index (κ2) is 7.09. The summed E-state index contributed by atoms with van der Waals surface area (Å²) in [6.07, 6.45) is 7.91. The van der Waals surface area contributed by atoms with Crippen molar-refractivity contribution >= 4 is 0 Å². The molecule has 1 saturated carbocycles. The van der Waals surface area contributed by atoms with Crippen LogP contribution >= 0.6 is 0 Å². The lowest BCUT2D eigenvalue weighted by molar-refractivity contribution is 0.296. The monoisotopic (exact) mass is 276 g/mol. The van der Waals surface area contributed by atoms with Gasteiger partial charge in [0.15, 0.2) is 0 Å². The van der Waals surface area contributed by atoms with Crippen molar-refractivity contribution in [1.29, 1.82) is 0 Å². The van der Waals surface area contributed by atoms with E-state index in [2.05, 4.69) is 31.4 Å². The Balaban J connectivity index is 2.21. The third-order valence-corrected chi connectivity index (χ3v) is 4.56. The van der Waals surface area contributed by atoms with Crippen molar-refractivity contribution in [2.45, 2.75) is 58.4 Å². The van der Waals surface area contributed by atoms with Crippen LogP contribution in [0.2, 0.25) is 0 Å². The van der Waals surface area contributed by atoms with Gasteiger partial charge in [0, 0.05) is 5.56 Å². The van der Waals surface area contributed by atoms with Gasteiger partial charge in [-0.25, -0.2) is 0 Å². The van der Waals surface area contributed by atoms with Crippen molar-refractivity contribution < 1.29 is 4.74 Å². The van der Waals surface area contributed by atoms with Gasteiger partial charge in [-0.15, -0.1) is 0 Å². The van der Waals surface area contributed by atoms with Crippen LogP contribution in [0.1, 0.15) is 61.3 Å². The maximum atomic E-state index is 5.85. The van der Waals surface area contributed by atoms with Gasteiger partial charge in [-0.1, -0.05) is 38.2 Å². The van der Waals surface area contributed by atoms with Crippen molar-refractivity contribution in [2.75, 3.05) is 7.11 Å². The first kappa shape index (κ1) is 15.3. The molecule has 1 aliphatic carbocycles. The average molecular weight is 276 g/mol.